The van der Waals surface area contributed by atoms with Gasteiger partial charge in [-0.2, -0.15) is 0 Å². The van der Waals surface area contributed by atoms with Gasteiger partial charge in [0.25, 0.3) is 0 Å². The fraction of sp³-hybridized carbons (Fsp3) is 0.571. The number of amides is 1. The molecule has 1 aromatic heterocycles. The fourth-order valence-electron chi connectivity index (χ4n) is 2.63. The lowest BCUT2D eigenvalue weighted by Crippen LogP contribution is -2.36. The van der Waals surface area contributed by atoms with Crippen molar-refractivity contribution in [3.8, 4) is 0 Å². The Kier molecular flexibility index (Phi) is 3.41. The SMILES string of the molecule is CCOC(=O)c1c(N)sc2c1CCN(C(=O)C1CC1)C2. The first-order valence-corrected chi connectivity index (χ1v) is 7.79. The lowest BCUT2D eigenvalue weighted by molar-refractivity contribution is -0.133. The van der Waals surface area contributed by atoms with Crippen LogP contribution >= 0.6 is 11.3 Å². The van der Waals surface area contributed by atoms with E-state index in [0.717, 1.165) is 23.3 Å². The van der Waals surface area contributed by atoms with Crippen LogP contribution in [0.2, 0.25) is 0 Å². The topological polar surface area (TPSA) is 72.6 Å². The molecule has 5 nitrogen and oxygen atoms in total. The van der Waals surface area contributed by atoms with Gasteiger partial charge in [-0.15, -0.1) is 11.3 Å². The Morgan fingerprint density at radius 2 is 2.20 bits per heavy atom. The number of carbonyl (C=O) groups is 2. The van der Waals surface area contributed by atoms with E-state index in [9.17, 15) is 9.59 Å². The van der Waals surface area contributed by atoms with Gasteiger partial charge in [0, 0.05) is 17.3 Å². The van der Waals surface area contributed by atoms with Gasteiger partial charge in [-0.05, 0) is 31.7 Å². The molecule has 1 fully saturated rings. The first-order valence-electron chi connectivity index (χ1n) is 6.97. The molecule has 2 N–H and O–H groups in total. The Hall–Kier alpha value is -1.56. The summed E-state index contributed by atoms with van der Waals surface area (Å²) in [5.74, 6) is 0.142. The molecule has 1 aliphatic carbocycles. The van der Waals surface area contributed by atoms with Crippen molar-refractivity contribution in [3.05, 3.63) is 16.0 Å². The second-order valence-electron chi connectivity index (χ2n) is 5.25. The number of hydrogen-bond donors (Lipinski definition) is 1. The zero-order chi connectivity index (χ0) is 14.3. The maximum absolute atomic E-state index is 12.1. The minimum atomic E-state index is -0.343. The van der Waals surface area contributed by atoms with Gasteiger partial charge < -0.3 is 15.4 Å². The van der Waals surface area contributed by atoms with Gasteiger partial charge in [-0.3, -0.25) is 4.79 Å². The number of nitrogens with two attached hydrogens (primary N) is 1. The maximum Gasteiger partial charge on any atom is 0.341 e. The van der Waals surface area contributed by atoms with Crippen molar-refractivity contribution in [2.45, 2.75) is 32.7 Å². The van der Waals surface area contributed by atoms with Crippen LogP contribution in [0, 0.1) is 5.92 Å². The average Bonchev–Trinajstić information content (AvgIpc) is 3.20. The molecule has 1 amide bonds. The van der Waals surface area contributed by atoms with Gasteiger partial charge >= 0.3 is 5.97 Å². The highest BCUT2D eigenvalue weighted by atomic mass is 32.1. The van der Waals surface area contributed by atoms with Crippen LogP contribution in [0.5, 0.6) is 0 Å². The molecule has 0 radical (unpaired) electrons. The predicted octanol–water partition coefficient (Wildman–Crippen LogP) is 1.80. The summed E-state index contributed by atoms with van der Waals surface area (Å²) in [6.45, 7) is 3.38. The van der Waals surface area contributed by atoms with Crippen LogP contribution in [0.4, 0.5) is 5.00 Å². The van der Waals surface area contributed by atoms with Gasteiger partial charge in [-0.25, -0.2) is 4.79 Å². The predicted molar refractivity (Wildman–Crippen MR) is 76.5 cm³/mol. The van der Waals surface area contributed by atoms with Crippen molar-refractivity contribution < 1.29 is 14.3 Å². The molecule has 2 aliphatic rings. The van der Waals surface area contributed by atoms with Crippen LogP contribution < -0.4 is 5.73 Å². The molecule has 0 aromatic carbocycles. The smallest absolute Gasteiger partial charge is 0.341 e. The quantitative estimate of drug-likeness (QED) is 0.863. The van der Waals surface area contributed by atoms with Crippen molar-refractivity contribution in [2.75, 3.05) is 18.9 Å². The molecule has 1 saturated carbocycles. The van der Waals surface area contributed by atoms with E-state index >= 15 is 0 Å². The first kappa shape index (κ1) is 13.4. The van der Waals surface area contributed by atoms with Crippen LogP contribution in [0.25, 0.3) is 0 Å². The summed E-state index contributed by atoms with van der Waals surface area (Å²) in [5, 5.41) is 0.508. The number of esters is 1. The van der Waals surface area contributed by atoms with Gasteiger partial charge in [0.05, 0.1) is 18.7 Å². The number of ether oxygens (including phenoxy) is 1. The number of rotatable bonds is 3. The highest BCUT2D eigenvalue weighted by molar-refractivity contribution is 7.16. The molecule has 0 unspecified atom stereocenters. The highest BCUT2D eigenvalue weighted by Gasteiger charge is 2.36. The minimum absolute atomic E-state index is 0.235. The fourth-order valence-corrected chi connectivity index (χ4v) is 3.75. The monoisotopic (exact) mass is 294 g/mol. The van der Waals surface area contributed by atoms with E-state index in [2.05, 4.69) is 0 Å². The first-order chi connectivity index (χ1) is 9.61. The summed E-state index contributed by atoms with van der Waals surface area (Å²) in [7, 11) is 0. The van der Waals surface area contributed by atoms with Gasteiger partial charge in [0.2, 0.25) is 5.91 Å². The summed E-state index contributed by atoms with van der Waals surface area (Å²) in [6, 6.07) is 0. The van der Waals surface area contributed by atoms with Crippen molar-refractivity contribution in [1.29, 1.82) is 0 Å². The molecule has 6 heteroatoms. The molecule has 0 saturated heterocycles. The van der Waals surface area contributed by atoms with E-state index in [0.29, 0.717) is 36.7 Å². The zero-order valence-corrected chi connectivity index (χ0v) is 12.3. The van der Waals surface area contributed by atoms with Crippen LogP contribution in [-0.4, -0.2) is 29.9 Å². The van der Waals surface area contributed by atoms with E-state index in [4.69, 9.17) is 10.5 Å². The number of nitrogen functional groups attached to an aromatic ring is 1. The molecule has 108 valence electrons. The second kappa shape index (κ2) is 5.09. The summed E-state index contributed by atoms with van der Waals surface area (Å²) in [4.78, 5) is 27.0. The van der Waals surface area contributed by atoms with Gasteiger partial charge in [-0.1, -0.05) is 0 Å². The van der Waals surface area contributed by atoms with Gasteiger partial charge in [0.1, 0.15) is 5.00 Å². The Bertz CT molecular complexity index is 563. The summed E-state index contributed by atoms with van der Waals surface area (Å²) >= 11 is 1.41. The molecular formula is C14H18N2O3S. The summed E-state index contributed by atoms with van der Waals surface area (Å²) < 4.78 is 5.06. The molecule has 0 bridgehead atoms. The number of fused-ring (bicyclic) bond motifs is 1. The molecular weight excluding hydrogens is 276 g/mol. The third kappa shape index (κ3) is 2.28. The van der Waals surface area contributed by atoms with Crippen molar-refractivity contribution in [1.82, 2.24) is 4.90 Å². The maximum atomic E-state index is 12.1. The minimum Gasteiger partial charge on any atom is -0.462 e. The molecule has 1 aromatic rings. The molecule has 1 aliphatic heterocycles. The molecule has 0 atom stereocenters. The number of nitrogens with zero attached hydrogens (tertiary/aromatic N) is 1. The van der Waals surface area contributed by atoms with Crippen LogP contribution in [0.15, 0.2) is 0 Å². The van der Waals surface area contributed by atoms with Crippen LogP contribution in [-0.2, 0) is 22.5 Å². The van der Waals surface area contributed by atoms with E-state index in [-0.39, 0.29) is 17.8 Å². The van der Waals surface area contributed by atoms with Crippen LogP contribution in [0.1, 0.15) is 40.6 Å². The van der Waals surface area contributed by atoms with Crippen molar-refractivity contribution in [3.63, 3.8) is 0 Å². The van der Waals surface area contributed by atoms with Crippen molar-refractivity contribution >= 4 is 28.2 Å². The second-order valence-corrected chi connectivity index (χ2v) is 6.38. The number of thiophene rings is 1. The Labute approximate surface area is 121 Å². The lowest BCUT2D eigenvalue weighted by Gasteiger charge is -2.27. The molecule has 2 heterocycles. The Balaban J connectivity index is 1.82. The van der Waals surface area contributed by atoms with E-state index in [1.165, 1.54) is 11.3 Å². The Morgan fingerprint density at radius 3 is 2.85 bits per heavy atom. The van der Waals surface area contributed by atoms with E-state index in [1.54, 1.807) is 6.92 Å². The lowest BCUT2D eigenvalue weighted by atomic mass is 10.0. The third-order valence-corrected chi connectivity index (χ3v) is 4.85. The molecule has 3 rings (SSSR count). The number of hydrogen-bond acceptors (Lipinski definition) is 5. The van der Waals surface area contributed by atoms with Crippen LogP contribution in [0.3, 0.4) is 0 Å². The normalized spacial score (nSPS) is 17.8. The largest absolute Gasteiger partial charge is 0.462 e. The molecule has 20 heavy (non-hydrogen) atoms. The molecule has 0 spiro atoms. The number of anilines is 1. The third-order valence-electron chi connectivity index (χ3n) is 3.80. The summed E-state index contributed by atoms with van der Waals surface area (Å²) in [5.41, 5.74) is 7.46. The average molecular weight is 294 g/mol. The zero-order valence-electron chi connectivity index (χ0n) is 11.5. The van der Waals surface area contributed by atoms with Crippen molar-refractivity contribution in [2.24, 2.45) is 5.92 Å². The Morgan fingerprint density at radius 1 is 1.45 bits per heavy atom. The highest BCUT2D eigenvalue weighted by Crippen LogP contribution is 2.38. The number of carbonyl (C=O) groups excluding carboxylic acids is 2. The summed E-state index contributed by atoms with van der Waals surface area (Å²) in [6.07, 6.45) is 2.72. The van der Waals surface area contributed by atoms with E-state index in [1.807, 2.05) is 4.90 Å². The van der Waals surface area contributed by atoms with Gasteiger partial charge in [0.15, 0.2) is 0 Å². The standard InChI is InChI=1S/C14H18N2O3S/c1-2-19-14(18)11-9-5-6-16(13(17)8-3-4-8)7-10(9)20-12(11)15/h8H,2-7,15H2,1H3. The van der Waals surface area contributed by atoms with E-state index < -0.39 is 0 Å².